The number of nitrogens with zero attached hydrogens (tertiary/aromatic N) is 3. The van der Waals surface area contributed by atoms with Crippen LogP contribution >= 0.6 is 0 Å². The average molecular weight is 252 g/mol. The molecule has 0 saturated carbocycles. The summed E-state index contributed by atoms with van der Waals surface area (Å²) in [6.07, 6.45) is 2.11. The lowest BCUT2D eigenvalue weighted by molar-refractivity contribution is 0.0852. The molecule has 0 radical (unpaired) electrons. The number of aromatic nitrogens is 2. The largest absolute Gasteiger partial charge is 0.394 e. The van der Waals surface area contributed by atoms with Gasteiger partial charge in [0.2, 0.25) is 0 Å². The lowest BCUT2D eigenvalue weighted by Gasteiger charge is -2.32. The van der Waals surface area contributed by atoms with Gasteiger partial charge in [0.1, 0.15) is 5.82 Å². The number of hydrogen-bond acceptors (Lipinski definition) is 4. The van der Waals surface area contributed by atoms with Gasteiger partial charge in [-0.25, -0.2) is 0 Å². The van der Waals surface area contributed by atoms with E-state index < -0.39 is 0 Å². The second kappa shape index (κ2) is 5.18. The minimum Gasteiger partial charge on any atom is -0.394 e. The van der Waals surface area contributed by atoms with E-state index in [0.29, 0.717) is 12.0 Å². The number of anilines is 2. The highest BCUT2D eigenvalue weighted by Gasteiger charge is 2.25. The molecule has 2 N–H and O–H groups in total. The molecule has 5 heteroatoms. The summed E-state index contributed by atoms with van der Waals surface area (Å²) in [4.78, 5) is 2.26. The highest BCUT2D eigenvalue weighted by Crippen LogP contribution is 2.32. The van der Waals surface area contributed by atoms with Gasteiger partial charge in [-0.2, -0.15) is 5.10 Å². The number of rotatable bonds is 3. The fraction of sp³-hybridized carbons (Fsp3) is 0.769. The fourth-order valence-electron chi connectivity index (χ4n) is 2.64. The second-order valence-corrected chi connectivity index (χ2v) is 5.36. The summed E-state index contributed by atoms with van der Waals surface area (Å²) < 4.78 is 7.31. The van der Waals surface area contributed by atoms with E-state index in [1.165, 1.54) is 0 Å². The van der Waals surface area contributed by atoms with Crippen molar-refractivity contribution in [2.24, 2.45) is 7.05 Å². The van der Waals surface area contributed by atoms with Gasteiger partial charge < -0.3 is 15.4 Å². The highest BCUT2D eigenvalue weighted by molar-refractivity contribution is 5.67. The summed E-state index contributed by atoms with van der Waals surface area (Å²) in [5.74, 6) is 1.39. The lowest BCUT2D eigenvalue weighted by atomic mass is 10.1. The average Bonchev–Trinajstić information content (AvgIpc) is 2.65. The van der Waals surface area contributed by atoms with E-state index in [0.717, 1.165) is 43.3 Å². The third-order valence-corrected chi connectivity index (χ3v) is 3.70. The first kappa shape index (κ1) is 13.2. The summed E-state index contributed by atoms with van der Waals surface area (Å²) in [5.41, 5.74) is 8.07. The Hall–Kier alpha value is -1.23. The maximum atomic E-state index is 6.26. The van der Waals surface area contributed by atoms with Crippen LogP contribution in [0.3, 0.4) is 0 Å². The molecular weight excluding hydrogens is 228 g/mol. The SMILES string of the molecule is CC(C)c1nn(C)c(N(C)C2CCOCC2)c1N. The monoisotopic (exact) mass is 252 g/mol. The van der Waals surface area contributed by atoms with Crippen LogP contribution in [0.15, 0.2) is 0 Å². The van der Waals surface area contributed by atoms with Crippen molar-refractivity contribution in [2.75, 3.05) is 30.9 Å². The van der Waals surface area contributed by atoms with Crippen molar-refractivity contribution in [2.45, 2.75) is 38.6 Å². The number of nitrogens with two attached hydrogens (primary N) is 1. The van der Waals surface area contributed by atoms with E-state index >= 15 is 0 Å². The Morgan fingerprint density at radius 1 is 1.39 bits per heavy atom. The van der Waals surface area contributed by atoms with Crippen LogP contribution in [0.25, 0.3) is 0 Å². The molecule has 0 spiro atoms. The Balaban J connectivity index is 2.26. The molecular formula is C13H24N4O. The minimum atomic E-state index is 0.355. The van der Waals surface area contributed by atoms with Crippen LogP contribution in [0.4, 0.5) is 11.5 Å². The van der Waals surface area contributed by atoms with Gasteiger partial charge >= 0.3 is 0 Å². The summed E-state index contributed by atoms with van der Waals surface area (Å²) in [7, 11) is 4.07. The van der Waals surface area contributed by atoms with Gasteiger partial charge in [-0.3, -0.25) is 4.68 Å². The molecule has 1 aromatic rings. The molecule has 0 aliphatic carbocycles. The Kier molecular flexibility index (Phi) is 3.80. The fourth-order valence-corrected chi connectivity index (χ4v) is 2.64. The molecule has 0 aromatic carbocycles. The Bertz CT molecular complexity index is 407. The van der Waals surface area contributed by atoms with Crippen LogP contribution < -0.4 is 10.6 Å². The molecule has 0 atom stereocenters. The molecule has 0 unspecified atom stereocenters. The number of nitrogen functional groups attached to an aromatic ring is 1. The molecule has 102 valence electrons. The zero-order valence-corrected chi connectivity index (χ0v) is 11.8. The van der Waals surface area contributed by atoms with Crippen molar-refractivity contribution >= 4 is 11.5 Å². The molecule has 5 nitrogen and oxygen atoms in total. The Labute approximate surface area is 109 Å². The molecule has 1 fully saturated rings. The first-order chi connectivity index (χ1) is 8.52. The zero-order valence-electron chi connectivity index (χ0n) is 11.8. The van der Waals surface area contributed by atoms with E-state index in [1.54, 1.807) is 0 Å². The van der Waals surface area contributed by atoms with Gasteiger partial charge in [0, 0.05) is 33.4 Å². The van der Waals surface area contributed by atoms with Crippen molar-refractivity contribution in [3.63, 3.8) is 0 Å². The van der Waals surface area contributed by atoms with Crippen LogP contribution in [-0.2, 0) is 11.8 Å². The van der Waals surface area contributed by atoms with Crippen LogP contribution in [-0.4, -0.2) is 36.1 Å². The van der Waals surface area contributed by atoms with Crippen molar-refractivity contribution in [1.82, 2.24) is 9.78 Å². The van der Waals surface area contributed by atoms with Gasteiger partial charge in [0.05, 0.1) is 11.4 Å². The zero-order chi connectivity index (χ0) is 13.3. The van der Waals surface area contributed by atoms with Gasteiger partial charge in [0.25, 0.3) is 0 Å². The predicted molar refractivity (Wildman–Crippen MR) is 74.0 cm³/mol. The van der Waals surface area contributed by atoms with E-state index in [4.69, 9.17) is 10.5 Å². The van der Waals surface area contributed by atoms with Crippen LogP contribution in [0.5, 0.6) is 0 Å². The molecule has 18 heavy (non-hydrogen) atoms. The van der Waals surface area contributed by atoms with Crippen LogP contribution in [0, 0.1) is 0 Å². The third-order valence-electron chi connectivity index (χ3n) is 3.70. The maximum absolute atomic E-state index is 6.26. The molecule has 1 aromatic heterocycles. The van der Waals surface area contributed by atoms with Crippen molar-refractivity contribution in [3.8, 4) is 0 Å². The molecule has 2 heterocycles. The first-order valence-electron chi connectivity index (χ1n) is 6.65. The van der Waals surface area contributed by atoms with E-state index in [-0.39, 0.29) is 0 Å². The first-order valence-corrected chi connectivity index (χ1v) is 6.65. The number of aryl methyl sites for hydroxylation is 1. The molecule has 0 amide bonds. The van der Waals surface area contributed by atoms with Gasteiger partial charge in [-0.15, -0.1) is 0 Å². The van der Waals surface area contributed by atoms with Gasteiger partial charge in [-0.1, -0.05) is 13.8 Å². The second-order valence-electron chi connectivity index (χ2n) is 5.36. The quantitative estimate of drug-likeness (QED) is 0.890. The normalized spacial score (nSPS) is 17.4. The van der Waals surface area contributed by atoms with Crippen molar-refractivity contribution in [3.05, 3.63) is 5.69 Å². The van der Waals surface area contributed by atoms with Crippen LogP contribution in [0.2, 0.25) is 0 Å². The van der Waals surface area contributed by atoms with E-state index in [2.05, 4.69) is 30.9 Å². The standard InChI is InChI=1S/C13H24N4O/c1-9(2)12-11(14)13(17(4)15-12)16(3)10-5-7-18-8-6-10/h9-10H,5-8,14H2,1-4H3. The topological polar surface area (TPSA) is 56.3 Å². The number of ether oxygens (including phenoxy) is 1. The minimum absolute atomic E-state index is 0.355. The molecule has 1 aliphatic rings. The summed E-state index contributed by atoms with van der Waals surface area (Å²) >= 11 is 0. The summed E-state index contributed by atoms with van der Waals surface area (Å²) in [6.45, 7) is 5.92. The molecule has 2 rings (SSSR count). The van der Waals surface area contributed by atoms with E-state index in [9.17, 15) is 0 Å². The molecule has 1 saturated heterocycles. The van der Waals surface area contributed by atoms with Crippen molar-refractivity contribution < 1.29 is 4.74 Å². The highest BCUT2D eigenvalue weighted by atomic mass is 16.5. The predicted octanol–water partition coefficient (Wildman–Crippen LogP) is 1.74. The smallest absolute Gasteiger partial charge is 0.150 e. The van der Waals surface area contributed by atoms with E-state index in [1.807, 2.05) is 11.7 Å². The third kappa shape index (κ3) is 2.32. The maximum Gasteiger partial charge on any atom is 0.150 e. The lowest BCUT2D eigenvalue weighted by Crippen LogP contribution is -2.38. The van der Waals surface area contributed by atoms with Crippen molar-refractivity contribution in [1.29, 1.82) is 0 Å². The number of hydrogen-bond donors (Lipinski definition) is 1. The molecule has 1 aliphatic heterocycles. The van der Waals surface area contributed by atoms with Gasteiger partial charge in [0.15, 0.2) is 0 Å². The Morgan fingerprint density at radius 2 is 2.00 bits per heavy atom. The molecule has 0 bridgehead atoms. The summed E-state index contributed by atoms with van der Waals surface area (Å²) in [5, 5.41) is 4.54. The van der Waals surface area contributed by atoms with Crippen LogP contribution in [0.1, 0.15) is 38.3 Å². The van der Waals surface area contributed by atoms with Gasteiger partial charge in [-0.05, 0) is 18.8 Å². The Morgan fingerprint density at radius 3 is 2.50 bits per heavy atom. The summed E-state index contributed by atoms with van der Waals surface area (Å²) in [6, 6.07) is 0.497.